The molecule has 0 N–H and O–H groups in total. The van der Waals surface area contributed by atoms with E-state index in [0.717, 1.165) is 19.1 Å². The molecule has 0 amide bonds. The van der Waals surface area contributed by atoms with Crippen LogP contribution in [0.1, 0.15) is 39.5 Å². The molecule has 1 heterocycles. The van der Waals surface area contributed by atoms with E-state index in [9.17, 15) is 0 Å². The van der Waals surface area contributed by atoms with Crippen molar-refractivity contribution in [1.82, 2.24) is 0 Å². The van der Waals surface area contributed by atoms with Crippen molar-refractivity contribution in [1.29, 1.82) is 0 Å². The summed E-state index contributed by atoms with van der Waals surface area (Å²) < 4.78 is 11.4. The van der Waals surface area contributed by atoms with Crippen LogP contribution in [0.5, 0.6) is 0 Å². The highest BCUT2D eigenvalue weighted by Gasteiger charge is 2.34. The second kappa shape index (κ2) is 4.68. The molecule has 0 atom stereocenters. The zero-order valence-electron chi connectivity index (χ0n) is 10.6. The average Bonchev–Trinajstić information content (AvgIpc) is 2.19. The van der Waals surface area contributed by atoms with Crippen LogP contribution in [0.3, 0.4) is 0 Å². The minimum absolute atomic E-state index is 0.548. The molecule has 2 fully saturated rings. The van der Waals surface area contributed by atoms with Gasteiger partial charge in [-0.3, -0.25) is 0 Å². The van der Waals surface area contributed by atoms with Crippen LogP contribution < -0.4 is 0 Å². The topological polar surface area (TPSA) is 18.5 Å². The summed E-state index contributed by atoms with van der Waals surface area (Å²) in [6, 6.07) is 0. The van der Waals surface area contributed by atoms with Gasteiger partial charge in [0.2, 0.25) is 0 Å². The number of rotatable bonds is 1. The molecule has 1 saturated heterocycles. The molecule has 1 aliphatic carbocycles. The summed E-state index contributed by atoms with van der Waals surface area (Å²) in [4.78, 5) is 0. The minimum Gasteiger partial charge on any atom is -0.329 e. The van der Waals surface area contributed by atoms with E-state index in [4.69, 9.17) is 20.9 Å². The molecule has 94 valence electrons. The van der Waals surface area contributed by atoms with E-state index in [-0.39, 0.29) is 0 Å². The highest BCUT2D eigenvalue weighted by Crippen LogP contribution is 2.50. The third kappa shape index (κ3) is 3.29. The summed E-state index contributed by atoms with van der Waals surface area (Å²) >= 11 is 5.25. The fourth-order valence-electron chi connectivity index (χ4n) is 2.71. The molecule has 0 aromatic rings. The van der Waals surface area contributed by atoms with Crippen molar-refractivity contribution in [3.63, 3.8) is 0 Å². The first kappa shape index (κ1) is 13.0. The van der Waals surface area contributed by atoms with E-state index >= 15 is 0 Å². The summed E-state index contributed by atoms with van der Waals surface area (Å²) in [5.74, 6) is 1.38. The van der Waals surface area contributed by atoms with Crippen LogP contribution in [0.15, 0.2) is 0 Å². The van der Waals surface area contributed by atoms with E-state index in [1.807, 2.05) is 6.66 Å². The molecular formula is C12H23O2PS. The van der Waals surface area contributed by atoms with Gasteiger partial charge in [-0.15, -0.1) is 0 Å². The Morgan fingerprint density at radius 1 is 1.06 bits per heavy atom. The highest BCUT2D eigenvalue weighted by atomic mass is 32.5. The molecule has 2 aliphatic rings. The molecular weight excluding hydrogens is 239 g/mol. The van der Waals surface area contributed by atoms with Gasteiger partial charge in [-0.2, -0.15) is 0 Å². The van der Waals surface area contributed by atoms with E-state index < -0.39 is 6.49 Å². The Labute approximate surface area is 104 Å². The van der Waals surface area contributed by atoms with Crippen LogP contribution in [-0.4, -0.2) is 19.9 Å². The standard InChI is InChI=1S/C12H23O2PS/c1-12(2)6-4-10(5-7-12)11-8-13-15(3,16)14-9-11/h10-11H,4-9H2,1-3H3. The van der Waals surface area contributed by atoms with Crippen LogP contribution in [0.2, 0.25) is 0 Å². The van der Waals surface area contributed by atoms with Gasteiger partial charge in [0.25, 0.3) is 0 Å². The maximum Gasteiger partial charge on any atom is 0.185 e. The molecule has 0 aromatic carbocycles. The third-order valence-corrected chi connectivity index (χ3v) is 5.97. The molecule has 1 aliphatic heterocycles. The maximum absolute atomic E-state index is 5.69. The van der Waals surface area contributed by atoms with Crippen molar-refractivity contribution < 1.29 is 9.05 Å². The quantitative estimate of drug-likeness (QED) is 0.670. The Morgan fingerprint density at radius 2 is 1.56 bits per heavy atom. The van der Waals surface area contributed by atoms with Crippen molar-refractivity contribution in [2.24, 2.45) is 17.3 Å². The Morgan fingerprint density at radius 3 is 2.06 bits per heavy atom. The van der Waals surface area contributed by atoms with Crippen molar-refractivity contribution in [3.05, 3.63) is 0 Å². The van der Waals surface area contributed by atoms with Gasteiger partial charge in [-0.25, -0.2) is 0 Å². The van der Waals surface area contributed by atoms with E-state index in [1.165, 1.54) is 25.7 Å². The van der Waals surface area contributed by atoms with Crippen LogP contribution in [0.4, 0.5) is 0 Å². The van der Waals surface area contributed by atoms with E-state index in [0.29, 0.717) is 11.3 Å². The smallest absolute Gasteiger partial charge is 0.185 e. The summed E-state index contributed by atoms with van der Waals surface area (Å²) in [6.45, 7) is 6.49. The van der Waals surface area contributed by atoms with Crippen molar-refractivity contribution in [2.75, 3.05) is 19.9 Å². The fraction of sp³-hybridized carbons (Fsp3) is 1.00. The Bertz CT molecular complexity index is 281. The lowest BCUT2D eigenvalue weighted by molar-refractivity contribution is 0.0496. The van der Waals surface area contributed by atoms with Gasteiger partial charge < -0.3 is 9.05 Å². The molecule has 0 bridgehead atoms. The van der Waals surface area contributed by atoms with Crippen LogP contribution in [0, 0.1) is 17.3 Å². The van der Waals surface area contributed by atoms with Gasteiger partial charge in [0.1, 0.15) is 0 Å². The van der Waals surface area contributed by atoms with Crippen LogP contribution in [0.25, 0.3) is 0 Å². The van der Waals surface area contributed by atoms with Crippen LogP contribution in [-0.2, 0) is 20.9 Å². The molecule has 0 radical (unpaired) electrons. The maximum atomic E-state index is 5.69. The lowest BCUT2D eigenvalue weighted by atomic mass is 9.70. The predicted molar refractivity (Wildman–Crippen MR) is 71.3 cm³/mol. The third-order valence-electron chi connectivity index (χ3n) is 4.10. The predicted octanol–water partition coefficient (Wildman–Crippen LogP) is 3.81. The minimum atomic E-state index is -1.87. The first-order chi connectivity index (χ1) is 7.38. The summed E-state index contributed by atoms with van der Waals surface area (Å²) in [5.41, 5.74) is 0.548. The summed E-state index contributed by atoms with van der Waals surface area (Å²) in [5, 5.41) is 0. The van der Waals surface area contributed by atoms with E-state index in [1.54, 1.807) is 0 Å². The van der Waals surface area contributed by atoms with Gasteiger partial charge in [0.05, 0.1) is 13.2 Å². The molecule has 1 saturated carbocycles. The number of hydrogen-bond acceptors (Lipinski definition) is 3. The van der Waals surface area contributed by atoms with Gasteiger partial charge in [-0.1, -0.05) is 13.8 Å². The second-order valence-corrected chi connectivity index (χ2v) is 10.2. The zero-order chi connectivity index (χ0) is 11.8. The Kier molecular flexibility index (Phi) is 3.81. The Hall–Kier alpha value is 0.570. The van der Waals surface area contributed by atoms with Gasteiger partial charge in [-0.05, 0) is 48.8 Å². The van der Waals surface area contributed by atoms with Gasteiger partial charge in [0, 0.05) is 12.6 Å². The lowest BCUT2D eigenvalue weighted by Crippen LogP contribution is -2.32. The largest absolute Gasteiger partial charge is 0.329 e. The molecule has 0 aromatic heterocycles. The fourth-order valence-corrected chi connectivity index (χ4v) is 4.08. The van der Waals surface area contributed by atoms with E-state index in [2.05, 4.69) is 13.8 Å². The SMILES string of the molecule is CC1(C)CCC(C2COP(C)(=S)OC2)CC1. The zero-order valence-corrected chi connectivity index (χ0v) is 12.3. The molecule has 16 heavy (non-hydrogen) atoms. The lowest BCUT2D eigenvalue weighted by Gasteiger charge is -2.40. The first-order valence-electron chi connectivity index (χ1n) is 6.25. The molecule has 0 unspecified atom stereocenters. The summed E-state index contributed by atoms with van der Waals surface area (Å²) in [7, 11) is 0. The van der Waals surface area contributed by atoms with Crippen molar-refractivity contribution in [3.8, 4) is 0 Å². The van der Waals surface area contributed by atoms with Crippen molar-refractivity contribution >= 4 is 18.3 Å². The van der Waals surface area contributed by atoms with Gasteiger partial charge >= 0.3 is 0 Å². The molecule has 0 spiro atoms. The second-order valence-electron chi connectivity index (χ2n) is 6.12. The molecule has 2 nitrogen and oxygen atoms in total. The first-order valence-corrected chi connectivity index (χ1v) is 9.33. The van der Waals surface area contributed by atoms with Crippen LogP contribution >= 0.6 is 6.49 Å². The molecule has 2 rings (SSSR count). The Balaban J connectivity index is 1.85. The van der Waals surface area contributed by atoms with Crippen molar-refractivity contribution in [2.45, 2.75) is 39.5 Å². The normalized spacial score (nSPS) is 40.8. The highest BCUT2D eigenvalue weighted by molar-refractivity contribution is 8.09. The average molecular weight is 262 g/mol. The molecule has 4 heteroatoms. The monoisotopic (exact) mass is 262 g/mol. The number of hydrogen-bond donors (Lipinski definition) is 0. The summed E-state index contributed by atoms with van der Waals surface area (Å²) in [6.07, 6.45) is 5.34. The van der Waals surface area contributed by atoms with Gasteiger partial charge in [0.15, 0.2) is 6.49 Å².